The molecule has 0 bridgehead atoms. The Balaban J connectivity index is 4.23. The lowest BCUT2D eigenvalue weighted by Crippen LogP contribution is -2.30. The summed E-state index contributed by atoms with van der Waals surface area (Å²) in [4.78, 5) is 38.0. The van der Waals surface area contributed by atoms with Crippen molar-refractivity contribution in [3.8, 4) is 0 Å². The lowest BCUT2D eigenvalue weighted by Gasteiger charge is -2.18. The fraction of sp³-hybridized carbons (Fsp3) is 0.620. The third-order valence-electron chi connectivity index (χ3n) is 12.8. The Morgan fingerprint density at radius 1 is 0.273 bits per heavy atom. The summed E-state index contributed by atoms with van der Waals surface area (Å²) in [5.74, 6) is -0.936. The molecule has 6 nitrogen and oxygen atoms in total. The van der Waals surface area contributed by atoms with Crippen LogP contribution in [0.5, 0.6) is 0 Å². The fourth-order valence-corrected chi connectivity index (χ4v) is 8.15. The molecule has 434 valence electrons. The number of unbranched alkanes of at least 4 members (excludes halogenated alkanes) is 20. The maximum absolute atomic E-state index is 12.8. The molecule has 77 heavy (non-hydrogen) atoms. The zero-order valence-corrected chi connectivity index (χ0v) is 49.7. The van der Waals surface area contributed by atoms with Gasteiger partial charge in [-0.3, -0.25) is 14.4 Å². The highest BCUT2D eigenvalue weighted by molar-refractivity contribution is 5.71. The second-order valence-electron chi connectivity index (χ2n) is 20.2. The first kappa shape index (κ1) is 72.3. The topological polar surface area (TPSA) is 78.9 Å². The summed E-state index contributed by atoms with van der Waals surface area (Å²) >= 11 is 0. The third kappa shape index (κ3) is 62.0. The van der Waals surface area contributed by atoms with Crippen LogP contribution in [-0.4, -0.2) is 37.2 Å². The molecular weight excluding hydrogens is 949 g/mol. The van der Waals surface area contributed by atoms with E-state index in [1.54, 1.807) is 0 Å². The summed E-state index contributed by atoms with van der Waals surface area (Å²) in [6.45, 7) is 6.42. The van der Waals surface area contributed by atoms with E-state index in [-0.39, 0.29) is 31.1 Å². The van der Waals surface area contributed by atoms with Crippen molar-refractivity contribution in [1.29, 1.82) is 0 Å². The van der Waals surface area contributed by atoms with E-state index in [0.717, 1.165) is 161 Å². The average Bonchev–Trinajstić information content (AvgIpc) is 3.43. The number of rotatable bonds is 55. The molecular formula is C71H114O6. The minimum absolute atomic E-state index is 0.0932. The van der Waals surface area contributed by atoms with Crippen molar-refractivity contribution in [2.75, 3.05) is 13.2 Å². The highest BCUT2D eigenvalue weighted by Crippen LogP contribution is 2.14. The molecule has 0 radical (unpaired) electrons. The standard InChI is InChI=1S/C71H114O6/c1-4-7-10-13-16-18-20-22-24-26-28-29-30-31-32-33-34-35-36-37-38-39-40-41-43-44-46-48-50-52-55-58-61-64-70(73)76-67-68(66-75-69(72)63-60-57-54-15-12-9-6-3)77-71(74)65-62-59-56-53-51-49-47-45-42-27-25-23-21-19-17-14-11-8-5-2/h7,10,16-19,22-25,28-29,31-32,34-35,37-38,40-42,44-46,68H,4-6,8-9,11-15,20-21,26-27,30,33,36,39,43,47-67H2,1-3H3/b10-7-,18-16-,19-17-,24-22-,25-23-,29-28-,32-31-,35-34-,38-37-,41-40-,45-42-,46-44-. The van der Waals surface area contributed by atoms with Crippen LogP contribution in [0.1, 0.15) is 265 Å². The number of hydrogen-bond acceptors (Lipinski definition) is 6. The van der Waals surface area contributed by atoms with E-state index < -0.39 is 6.10 Å². The van der Waals surface area contributed by atoms with E-state index in [1.807, 2.05) is 0 Å². The molecule has 0 spiro atoms. The second kappa shape index (κ2) is 63.8. The number of allylic oxidation sites excluding steroid dienone is 24. The minimum atomic E-state index is -0.796. The van der Waals surface area contributed by atoms with Crippen LogP contribution in [-0.2, 0) is 28.6 Å². The highest BCUT2D eigenvalue weighted by atomic mass is 16.6. The quantitative estimate of drug-likeness (QED) is 0.0261. The average molecular weight is 1060 g/mol. The van der Waals surface area contributed by atoms with Gasteiger partial charge in [0, 0.05) is 19.3 Å². The largest absolute Gasteiger partial charge is 0.462 e. The molecule has 0 aliphatic heterocycles. The van der Waals surface area contributed by atoms with E-state index >= 15 is 0 Å². The Bertz CT molecular complexity index is 1700. The first-order valence-electron chi connectivity index (χ1n) is 31.3. The Labute approximate surface area is 474 Å². The zero-order chi connectivity index (χ0) is 55.7. The van der Waals surface area contributed by atoms with Gasteiger partial charge < -0.3 is 14.2 Å². The molecule has 0 saturated carbocycles. The fourth-order valence-electron chi connectivity index (χ4n) is 8.15. The maximum atomic E-state index is 12.8. The van der Waals surface area contributed by atoms with Gasteiger partial charge in [0.15, 0.2) is 6.10 Å². The van der Waals surface area contributed by atoms with Gasteiger partial charge in [-0.15, -0.1) is 0 Å². The number of ether oxygens (including phenoxy) is 3. The van der Waals surface area contributed by atoms with E-state index in [0.29, 0.717) is 19.3 Å². The summed E-state index contributed by atoms with van der Waals surface area (Å²) in [5, 5.41) is 0. The molecule has 1 atom stereocenters. The van der Waals surface area contributed by atoms with Crippen LogP contribution in [0.2, 0.25) is 0 Å². The van der Waals surface area contributed by atoms with E-state index in [1.165, 1.54) is 64.2 Å². The Morgan fingerprint density at radius 3 is 0.818 bits per heavy atom. The smallest absolute Gasteiger partial charge is 0.306 e. The van der Waals surface area contributed by atoms with E-state index in [4.69, 9.17) is 14.2 Å². The summed E-state index contributed by atoms with van der Waals surface area (Å²) in [5.41, 5.74) is 0. The van der Waals surface area contributed by atoms with Gasteiger partial charge in [0.2, 0.25) is 0 Å². The summed E-state index contributed by atoms with van der Waals surface area (Å²) in [7, 11) is 0. The monoisotopic (exact) mass is 1060 g/mol. The molecule has 0 heterocycles. The van der Waals surface area contributed by atoms with Crippen molar-refractivity contribution in [3.05, 3.63) is 146 Å². The predicted molar refractivity (Wildman–Crippen MR) is 334 cm³/mol. The van der Waals surface area contributed by atoms with E-state index in [2.05, 4.69) is 167 Å². The van der Waals surface area contributed by atoms with Gasteiger partial charge in [-0.25, -0.2) is 0 Å². The van der Waals surface area contributed by atoms with Gasteiger partial charge in [0.05, 0.1) is 0 Å². The SMILES string of the molecule is CC/C=C\C/C=C\C/C=C\C/C=C\C/C=C\C/C=C\C/C=C\C/C=C\C/C=C\CCCCCCCC(=O)OCC(COC(=O)CCCCCCCCC)OC(=O)CCCCCCCC/C=C\C/C=C\C/C=C\CCCCC. The van der Waals surface area contributed by atoms with Crippen LogP contribution >= 0.6 is 0 Å². The van der Waals surface area contributed by atoms with Gasteiger partial charge in [-0.2, -0.15) is 0 Å². The number of hydrogen-bond donors (Lipinski definition) is 0. The number of carbonyl (C=O) groups excluding carboxylic acids is 3. The van der Waals surface area contributed by atoms with Crippen LogP contribution in [0.3, 0.4) is 0 Å². The maximum Gasteiger partial charge on any atom is 0.306 e. The summed E-state index contributed by atoms with van der Waals surface area (Å²) in [6, 6.07) is 0. The van der Waals surface area contributed by atoms with Gasteiger partial charge in [-0.1, -0.05) is 263 Å². The molecule has 6 heteroatoms. The molecule has 1 unspecified atom stereocenters. The summed E-state index contributed by atoms with van der Waals surface area (Å²) < 4.78 is 16.8. The van der Waals surface area contributed by atoms with Crippen molar-refractivity contribution in [2.24, 2.45) is 0 Å². The Hall–Kier alpha value is -4.71. The molecule has 0 aromatic rings. The van der Waals surface area contributed by atoms with Crippen LogP contribution in [0.4, 0.5) is 0 Å². The molecule has 0 aliphatic carbocycles. The predicted octanol–water partition coefficient (Wildman–Crippen LogP) is 21.5. The lowest BCUT2D eigenvalue weighted by molar-refractivity contribution is -0.167. The second-order valence-corrected chi connectivity index (χ2v) is 20.2. The van der Waals surface area contributed by atoms with Gasteiger partial charge in [0.1, 0.15) is 13.2 Å². The molecule has 0 N–H and O–H groups in total. The minimum Gasteiger partial charge on any atom is -0.462 e. The normalized spacial score (nSPS) is 13.1. The van der Waals surface area contributed by atoms with Crippen molar-refractivity contribution in [2.45, 2.75) is 271 Å². The molecule has 0 rings (SSSR count). The van der Waals surface area contributed by atoms with Gasteiger partial charge in [-0.05, 0) is 128 Å². The molecule has 0 amide bonds. The Kier molecular flexibility index (Phi) is 59.9. The van der Waals surface area contributed by atoms with Crippen LogP contribution in [0.25, 0.3) is 0 Å². The first-order chi connectivity index (χ1) is 38.0. The number of esters is 3. The Morgan fingerprint density at radius 2 is 0.506 bits per heavy atom. The van der Waals surface area contributed by atoms with Gasteiger partial charge >= 0.3 is 17.9 Å². The van der Waals surface area contributed by atoms with E-state index in [9.17, 15) is 14.4 Å². The molecule has 0 fully saturated rings. The first-order valence-corrected chi connectivity index (χ1v) is 31.3. The third-order valence-corrected chi connectivity index (χ3v) is 12.8. The van der Waals surface area contributed by atoms with Crippen molar-refractivity contribution >= 4 is 17.9 Å². The van der Waals surface area contributed by atoms with Gasteiger partial charge in [0.25, 0.3) is 0 Å². The van der Waals surface area contributed by atoms with Crippen LogP contribution in [0, 0.1) is 0 Å². The highest BCUT2D eigenvalue weighted by Gasteiger charge is 2.19. The number of carbonyl (C=O) groups is 3. The van der Waals surface area contributed by atoms with Crippen molar-refractivity contribution in [3.63, 3.8) is 0 Å². The molecule has 0 saturated heterocycles. The molecule has 0 aromatic heterocycles. The molecule has 0 aliphatic rings. The summed E-state index contributed by atoms with van der Waals surface area (Å²) in [6.07, 6.45) is 91.5. The lowest BCUT2D eigenvalue weighted by atomic mass is 10.1. The van der Waals surface area contributed by atoms with Crippen LogP contribution < -0.4 is 0 Å². The molecule has 0 aromatic carbocycles. The van der Waals surface area contributed by atoms with Crippen molar-refractivity contribution in [1.82, 2.24) is 0 Å². The van der Waals surface area contributed by atoms with Crippen LogP contribution in [0.15, 0.2) is 146 Å². The van der Waals surface area contributed by atoms with Crippen molar-refractivity contribution < 1.29 is 28.6 Å². The zero-order valence-electron chi connectivity index (χ0n) is 49.7.